The molecule has 0 spiro atoms. The summed E-state index contributed by atoms with van der Waals surface area (Å²) >= 11 is 1.39. The summed E-state index contributed by atoms with van der Waals surface area (Å²) in [6.45, 7) is 4.06. The van der Waals surface area contributed by atoms with Crippen LogP contribution in [-0.2, 0) is 0 Å². The predicted molar refractivity (Wildman–Crippen MR) is 153 cm³/mol. The van der Waals surface area contributed by atoms with Gasteiger partial charge in [-0.05, 0) is 43.7 Å². The van der Waals surface area contributed by atoms with Crippen molar-refractivity contribution in [2.24, 2.45) is 10.2 Å². The number of carbonyl (C=O) groups excluding carboxylic acids is 1. The number of benzene rings is 4. The third kappa shape index (κ3) is 5.66. The van der Waals surface area contributed by atoms with E-state index in [-0.39, 0.29) is 5.91 Å². The topological polar surface area (TPSA) is 58.8 Å². The number of aromatic nitrogens is 1. The minimum absolute atomic E-state index is 0.172. The molecule has 0 aliphatic rings. The van der Waals surface area contributed by atoms with Gasteiger partial charge in [0, 0.05) is 16.8 Å². The number of thiazole rings is 1. The zero-order valence-corrected chi connectivity index (χ0v) is 21.4. The Morgan fingerprint density at radius 3 is 2.03 bits per heavy atom. The maximum Gasteiger partial charge on any atom is 0.256 e. The molecule has 6 heteroatoms. The fourth-order valence-electron chi connectivity index (χ4n) is 3.89. The molecule has 0 unspecified atom stereocenters. The zero-order chi connectivity index (χ0) is 25.6. The molecule has 5 rings (SSSR count). The van der Waals surface area contributed by atoms with Crippen molar-refractivity contribution in [3.8, 4) is 16.9 Å². The van der Waals surface area contributed by atoms with E-state index < -0.39 is 0 Å². The van der Waals surface area contributed by atoms with Gasteiger partial charge < -0.3 is 5.32 Å². The SMILES string of the molecule is Cc1ccc(C(=O)Nc2s/c(=N\N=C/c3ccccc3)n(-c3ccc(C)cc3)c2-c2ccccc2)cc1. The fourth-order valence-corrected chi connectivity index (χ4v) is 4.89. The summed E-state index contributed by atoms with van der Waals surface area (Å²) in [4.78, 5) is 13.9. The number of nitrogens with one attached hydrogen (secondary N) is 1. The third-order valence-electron chi connectivity index (χ3n) is 5.85. The van der Waals surface area contributed by atoms with Crippen molar-refractivity contribution in [2.75, 3.05) is 5.32 Å². The first-order valence-corrected chi connectivity index (χ1v) is 12.8. The number of nitrogens with zero attached hydrogens (tertiary/aromatic N) is 3. The van der Waals surface area contributed by atoms with Gasteiger partial charge >= 0.3 is 0 Å². The lowest BCUT2D eigenvalue weighted by molar-refractivity contribution is 0.102. The molecular weight excluding hydrogens is 476 g/mol. The lowest BCUT2D eigenvalue weighted by atomic mass is 10.1. The molecule has 182 valence electrons. The number of hydrogen-bond acceptors (Lipinski definition) is 4. The Hall–Kier alpha value is -4.55. The fraction of sp³-hybridized carbons (Fsp3) is 0.0645. The van der Waals surface area contributed by atoms with E-state index in [2.05, 4.69) is 46.7 Å². The molecule has 0 atom stereocenters. The summed E-state index contributed by atoms with van der Waals surface area (Å²) < 4.78 is 2.05. The standard InChI is InChI=1S/C31H26N4OS/c1-22-13-17-26(18-14-22)29(36)33-30-28(25-11-7-4-8-12-25)35(27-19-15-23(2)16-20-27)31(37-30)34-32-21-24-9-5-3-6-10-24/h3-21H,1-2H3,(H,33,36)/b32-21-,34-31-. The number of carbonyl (C=O) groups is 1. The molecule has 0 fully saturated rings. The maximum atomic E-state index is 13.2. The van der Waals surface area contributed by atoms with E-state index in [1.54, 1.807) is 6.21 Å². The molecule has 0 radical (unpaired) electrons. The van der Waals surface area contributed by atoms with Crippen LogP contribution in [0.1, 0.15) is 27.0 Å². The van der Waals surface area contributed by atoms with Crippen LogP contribution in [0.3, 0.4) is 0 Å². The molecule has 0 aliphatic carbocycles. The van der Waals surface area contributed by atoms with Gasteiger partial charge in [-0.3, -0.25) is 9.36 Å². The second-order valence-corrected chi connectivity index (χ2v) is 9.65. The minimum Gasteiger partial charge on any atom is -0.312 e. The van der Waals surface area contributed by atoms with E-state index in [1.165, 1.54) is 11.3 Å². The van der Waals surface area contributed by atoms with E-state index in [0.717, 1.165) is 33.6 Å². The van der Waals surface area contributed by atoms with Crippen molar-refractivity contribution in [3.05, 3.63) is 136 Å². The quantitative estimate of drug-likeness (QED) is 0.197. The Morgan fingerprint density at radius 1 is 0.784 bits per heavy atom. The van der Waals surface area contributed by atoms with Crippen molar-refractivity contribution >= 4 is 28.5 Å². The van der Waals surface area contributed by atoms with Gasteiger partial charge in [0.05, 0.1) is 11.9 Å². The molecule has 1 amide bonds. The highest BCUT2D eigenvalue weighted by Gasteiger charge is 2.19. The number of amides is 1. The van der Waals surface area contributed by atoms with Crippen molar-refractivity contribution in [1.29, 1.82) is 0 Å². The summed E-state index contributed by atoms with van der Waals surface area (Å²) in [5, 5.41) is 12.8. The van der Waals surface area contributed by atoms with Crippen LogP contribution in [0.4, 0.5) is 5.00 Å². The van der Waals surface area contributed by atoms with Crippen LogP contribution < -0.4 is 10.1 Å². The van der Waals surface area contributed by atoms with E-state index in [0.29, 0.717) is 15.4 Å². The monoisotopic (exact) mass is 502 g/mol. The molecule has 0 saturated heterocycles. The van der Waals surface area contributed by atoms with Crippen LogP contribution >= 0.6 is 11.3 Å². The molecule has 0 saturated carbocycles. The van der Waals surface area contributed by atoms with Gasteiger partial charge in [0.15, 0.2) is 0 Å². The lowest BCUT2D eigenvalue weighted by Crippen LogP contribution is -2.14. The largest absolute Gasteiger partial charge is 0.312 e. The van der Waals surface area contributed by atoms with E-state index >= 15 is 0 Å². The third-order valence-corrected chi connectivity index (χ3v) is 6.80. The van der Waals surface area contributed by atoms with Gasteiger partial charge in [0.2, 0.25) is 4.80 Å². The second kappa shape index (κ2) is 11.0. The molecule has 5 nitrogen and oxygen atoms in total. The highest BCUT2D eigenvalue weighted by molar-refractivity contribution is 7.14. The molecule has 0 aliphatic heterocycles. The van der Waals surface area contributed by atoms with Crippen LogP contribution in [0.2, 0.25) is 0 Å². The molecule has 1 N–H and O–H groups in total. The van der Waals surface area contributed by atoms with E-state index in [4.69, 9.17) is 0 Å². The van der Waals surface area contributed by atoms with Crippen LogP contribution in [-0.4, -0.2) is 16.7 Å². The van der Waals surface area contributed by atoms with Crippen molar-refractivity contribution in [1.82, 2.24) is 4.57 Å². The first kappa shape index (κ1) is 24.2. The lowest BCUT2D eigenvalue weighted by Gasteiger charge is -2.12. The van der Waals surface area contributed by atoms with Crippen molar-refractivity contribution in [3.63, 3.8) is 0 Å². The Balaban J connectivity index is 1.68. The normalized spacial score (nSPS) is 11.7. The van der Waals surface area contributed by atoms with Gasteiger partial charge in [-0.2, -0.15) is 5.10 Å². The summed E-state index contributed by atoms with van der Waals surface area (Å²) in [6.07, 6.45) is 1.73. The molecule has 1 heterocycles. The first-order valence-electron chi connectivity index (χ1n) is 12.0. The van der Waals surface area contributed by atoms with Crippen LogP contribution in [0.25, 0.3) is 16.9 Å². The predicted octanol–water partition coefficient (Wildman–Crippen LogP) is 7.01. The number of rotatable bonds is 6. The number of hydrogen-bond donors (Lipinski definition) is 1. The summed E-state index contributed by atoms with van der Waals surface area (Å²) in [7, 11) is 0. The van der Waals surface area contributed by atoms with Crippen LogP contribution in [0.15, 0.2) is 119 Å². The van der Waals surface area contributed by atoms with Gasteiger partial charge in [-0.25, -0.2) is 0 Å². The van der Waals surface area contributed by atoms with Gasteiger partial charge in [-0.1, -0.05) is 107 Å². The number of aryl methyl sites for hydroxylation is 2. The molecule has 1 aromatic heterocycles. The second-order valence-electron chi connectivity index (χ2n) is 8.67. The molecular formula is C31H26N4OS. The Kier molecular flexibility index (Phi) is 7.19. The average molecular weight is 503 g/mol. The summed E-state index contributed by atoms with van der Waals surface area (Å²) in [6, 6.07) is 35.7. The van der Waals surface area contributed by atoms with Crippen molar-refractivity contribution in [2.45, 2.75) is 13.8 Å². The van der Waals surface area contributed by atoms with Crippen molar-refractivity contribution < 1.29 is 4.79 Å². The smallest absolute Gasteiger partial charge is 0.256 e. The van der Waals surface area contributed by atoms with E-state index in [1.807, 2.05) is 96.4 Å². The number of anilines is 1. The average Bonchev–Trinajstić information content (AvgIpc) is 3.28. The van der Waals surface area contributed by atoms with Gasteiger partial charge in [-0.15, -0.1) is 5.10 Å². The Labute approximate surface area is 220 Å². The van der Waals surface area contributed by atoms with Crippen LogP contribution in [0, 0.1) is 13.8 Å². The molecule has 37 heavy (non-hydrogen) atoms. The maximum absolute atomic E-state index is 13.2. The van der Waals surface area contributed by atoms with Crippen LogP contribution in [0.5, 0.6) is 0 Å². The van der Waals surface area contributed by atoms with Gasteiger partial charge in [0.25, 0.3) is 5.91 Å². The minimum atomic E-state index is -0.172. The Bertz CT molecular complexity index is 1600. The zero-order valence-electron chi connectivity index (χ0n) is 20.6. The van der Waals surface area contributed by atoms with E-state index in [9.17, 15) is 4.79 Å². The summed E-state index contributed by atoms with van der Waals surface area (Å²) in [5.74, 6) is -0.172. The molecule has 4 aromatic carbocycles. The Morgan fingerprint density at radius 2 is 1.38 bits per heavy atom. The molecule has 5 aromatic rings. The highest BCUT2D eigenvalue weighted by atomic mass is 32.1. The summed E-state index contributed by atoms with van der Waals surface area (Å²) in [5.41, 5.74) is 6.57. The van der Waals surface area contributed by atoms with Gasteiger partial charge in [0.1, 0.15) is 5.00 Å². The highest BCUT2D eigenvalue weighted by Crippen LogP contribution is 2.33. The molecule has 0 bridgehead atoms. The first-order chi connectivity index (χ1) is 18.1.